The molecule has 23 heavy (non-hydrogen) atoms. The third-order valence-electron chi connectivity index (χ3n) is 4.40. The van der Waals surface area contributed by atoms with E-state index in [1.807, 2.05) is 6.07 Å². The summed E-state index contributed by atoms with van der Waals surface area (Å²) in [6.07, 6.45) is 3.09. The second kappa shape index (κ2) is 6.65. The smallest absolute Gasteiger partial charge is 0.239 e. The molecule has 7 nitrogen and oxygen atoms in total. The van der Waals surface area contributed by atoms with Crippen LogP contribution in [0.4, 0.5) is 5.82 Å². The van der Waals surface area contributed by atoms with Crippen molar-refractivity contribution in [2.75, 3.05) is 37.6 Å². The summed E-state index contributed by atoms with van der Waals surface area (Å²) in [4.78, 5) is 32.0. The van der Waals surface area contributed by atoms with Crippen LogP contribution in [0, 0.1) is 17.2 Å². The van der Waals surface area contributed by atoms with E-state index in [4.69, 9.17) is 5.26 Å². The number of carbonyl (C=O) groups is 2. The molecule has 1 aromatic heterocycles. The van der Waals surface area contributed by atoms with E-state index >= 15 is 0 Å². The Morgan fingerprint density at radius 1 is 1.30 bits per heavy atom. The first-order valence-corrected chi connectivity index (χ1v) is 7.84. The van der Waals surface area contributed by atoms with Crippen LogP contribution in [-0.2, 0) is 9.59 Å². The molecule has 1 N–H and O–H groups in total. The lowest BCUT2D eigenvalue weighted by Crippen LogP contribution is -2.52. The number of nitrogens with one attached hydrogen (secondary N) is 1. The Kier molecular flexibility index (Phi) is 4.42. The molecule has 0 radical (unpaired) electrons. The molecule has 120 valence electrons. The number of carbonyl (C=O) groups excluding carboxylic acids is 2. The summed E-state index contributed by atoms with van der Waals surface area (Å²) in [5, 5.41) is 11.5. The van der Waals surface area contributed by atoms with Gasteiger partial charge >= 0.3 is 0 Å². The fourth-order valence-electron chi connectivity index (χ4n) is 3.08. The molecule has 7 heteroatoms. The zero-order valence-corrected chi connectivity index (χ0v) is 12.9. The van der Waals surface area contributed by atoms with Crippen LogP contribution in [-0.4, -0.2) is 54.4 Å². The Balaban J connectivity index is 1.56. The van der Waals surface area contributed by atoms with Gasteiger partial charge in [0.05, 0.1) is 12.1 Å². The predicted octanol–water partition coefficient (Wildman–Crippen LogP) is 0.128. The van der Waals surface area contributed by atoms with Crippen molar-refractivity contribution in [2.45, 2.75) is 12.8 Å². The Labute approximate surface area is 134 Å². The molecule has 2 amide bonds. The molecule has 0 unspecified atom stereocenters. The molecule has 0 bridgehead atoms. The van der Waals surface area contributed by atoms with Gasteiger partial charge in [-0.05, 0) is 25.0 Å². The van der Waals surface area contributed by atoms with Crippen LogP contribution in [0.25, 0.3) is 0 Å². The highest BCUT2D eigenvalue weighted by Gasteiger charge is 2.31. The highest BCUT2D eigenvalue weighted by molar-refractivity contribution is 5.87. The van der Waals surface area contributed by atoms with Gasteiger partial charge in [0.2, 0.25) is 11.8 Å². The molecule has 0 aliphatic carbocycles. The summed E-state index contributed by atoms with van der Waals surface area (Å²) < 4.78 is 0. The highest BCUT2D eigenvalue weighted by atomic mass is 16.2. The van der Waals surface area contributed by atoms with Crippen molar-refractivity contribution in [3.63, 3.8) is 0 Å². The molecular weight excluding hydrogens is 294 g/mol. The number of hydrogen-bond acceptors (Lipinski definition) is 5. The van der Waals surface area contributed by atoms with E-state index in [2.05, 4.69) is 21.3 Å². The second-order valence-corrected chi connectivity index (χ2v) is 5.89. The SMILES string of the molecule is N#Cc1ccc(N2CCC(C(=O)N3CCNC(=O)C3)CC2)nc1. The average molecular weight is 313 g/mol. The van der Waals surface area contributed by atoms with Gasteiger partial charge in [-0.1, -0.05) is 0 Å². The van der Waals surface area contributed by atoms with E-state index in [-0.39, 0.29) is 24.3 Å². The quantitative estimate of drug-likeness (QED) is 0.838. The number of piperazine rings is 1. The van der Waals surface area contributed by atoms with Crippen LogP contribution in [0.1, 0.15) is 18.4 Å². The first-order valence-electron chi connectivity index (χ1n) is 7.84. The average Bonchev–Trinajstić information content (AvgIpc) is 2.61. The molecule has 2 saturated heterocycles. The van der Waals surface area contributed by atoms with E-state index < -0.39 is 0 Å². The second-order valence-electron chi connectivity index (χ2n) is 5.89. The molecule has 0 saturated carbocycles. The first kappa shape index (κ1) is 15.3. The van der Waals surface area contributed by atoms with Crippen LogP contribution < -0.4 is 10.2 Å². The van der Waals surface area contributed by atoms with Gasteiger partial charge < -0.3 is 15.1 Å². The van der Waals surface area contributed by atoms with E-state index in [0.717, 1.165) is 31.7 Å². The van der Waals surface area contributed by atoms with E-state index in [1.54, 1.807) is 17.2 Å². The maximum absolute atomic E-state index is 12.5. The Morgan fingerprint density at radius 2 is 2.09 bits per heavy atom. The number of nitrogens with zero attached hydrogens (tertiary/aromatic N) is 4. The van der Waals surface area contributed by atoms with Crippen LogP contribution in [0.3, 0.4) is 0 Å². The van der Waals surface area contributed by atoms with Crippen LogP contribution in [0.5, 0.6) is 0 Å². The topological polar surface area (TPSA) is 89.3 Å². The maximum atomic E-state index is 12.5. The molecular formula is C16H19N5O2. The molecule has 0 atom stereocenters. The van der Waals surface area contributed by atoms with E-state index in [9.17, 15) is 9.59 Å². The van der Waals surface area contributed by atoms with Crippen molar-refractivity contribution in [1.82, 2.24) is 15.2 Å². The minimum Gasteiger partial charge on any atom is -0.357 e. The maximum Gasteiger partial charge on any atom is 0.239 e. The minimum atomic E-state index is -0.0798. The number of amides is 2. The monoisotopic (exact) mass is 313 g/mol. The lowest BCUT2D eigenvalue weighted by molar-refractivity contribution is -0.141. The highest BCUT2D eigenvalue weighted by Crippen LogP contribution is 2.23. The Hall–Kier alpha value is -2.62. The van der Waals surface area contributed by atoms with Gasteiger partial charge in [-0.3, -0.25) is 9.59 Å². The standard InChI is InChI=1S/C16H19N5O2/c17-9-12-1-2-14(19-10-12)20-6-3-13(4-7-20)16(23)21-8-5-18-15(22)11-21/h1-2,10,13H,3-8,11H2,(H,18,22). The third kappa shape index (κ3) is 3.42. The van der Waals surface area contributed by atoms with Crippen LogP contribution in [0.15, 0.2) is 18.3 Å². The van der Waals surface area contributed by atoms with Crippen molar-refractivity contribution >= 4 is 17.6 Å². The first-order chi connectivity index (χ1) is 11.2. The summed E-state index contributed by atoms with van der Waals surface area (Å²) in [5.74, 6) is 0.832. The van der Waals surface area contributed by atoms with Gasteiger partial charge in [0.1, 0.15) is 11.9 Å². The van der Waals surface area contributed by atoms with Gasteiger partial charge in [-0.15, -0.1) is 0 Å². The number of pyridine rings is 1. The van der Waals surface area contributed by atoms with Gasteiger partial charge in [0, 0.05) is 38.3 Å². The van der Waals surface area contributed by atoms with Gasteiger partial charge in [-0.2, -0.15) is 5.26 Å². The zero-order chi connectivity index (χ0) is 16.2. The number of hydrogen-bond donors (Lipinski definition) is 1. The molecule has 3 heterocycles. The largest absolute Gasteiger partial charge is 0.357 e. The molecule has 1 aromatic rings. The summed E-state index contributed by atoms with van der Waals surface area (Å²) in [7, 11) is 0. The lowest BCUT2D eigenvalue weighted by atomic mass is 9.95. The summed E-state index contributed by atoms with van der Waals surface area (Å²) in [5.41, 5.74) is 0.544. The normalized spacial score (nSPS) is 19.2. The summed E-state index contributed by atoms with van der Waals surface area (Å²) >= 11 is 0. The van der Waals surface area contributed by atoms with Crippen molar-refractivity contribution in [2.24, 2.45) is 5.92 Å². The molecule has 2 aliphatic heterocycles. The van der Waals surface area contributed by atoms with E-state index in [0.29, 0.717) is 18.7 Å². The summed E-state index contributed by atoms with van der Waals surface area (Å²) in [6, 6.07) is 5.65. The van der Waals surface area contributed by atoms with Gasteiger partial charge in [0.15, 0.2) is 0 Å². The van der Waals surface area contributed by atoms with Crippen molar-refractivity contribution in [1.29, 1.82) is 5.26 Å². The molecule has 2 aliphatic rings. The number of rotatable bonds is 2. The van der Waals surface area contributed by atoms with E-state index in [1.165, 1.54) is 0 Å². The minimum absolute atomic E-state index is 0.0180. The zero-order valence-electron chi connectivity index (χ0n) is 12.9. The molecule has 0 spiro atoms. The van der Waals surface area contributed by atoms with Crippen molar-refractivity contribution in [3.05, 3.63) is 23.9 Å². The van der Waals surface area contributed by atoms with Gasteiger partial charge in [-0.25, -0.2) is 4.98 Å². The van der Waals surface area contributed by atoms with Crippen molar-refractivity contribution < 1.29 is 9.59 Å². The molecule has 2 fully saturated rings. The number of aromatic nitrogens is 1. The Bertz CT molecular complexity index is 629. The Morgan fingerprint density at radius 3 is 2.70 bits per heavy atom. The van der Waals surface area contributed by atoms with Crippen molar-refractivity contribution in [3.8, 4) is 6.07 Å². The number of piperidine rings is 1. The fourth-order valence-corrected chi connectivity index (χ4v) is 3.08. The van der Waals surface area contributed by atoms with Crippen LogP contribution >= 0.6 is 0 Å². The molecule has 0 aromatic carbocycles. The predicted molar refractivity (Wildman–Crippen MR) is 83.5 cm³/mol. The van der Waals surface area contributed by atoms with Crippen LogP contribution in [0.2, 0.25) is 0 Å². The summed E-state index contributed by atoms with van der Waals surface area (Å²) in [6.45, 7) is 2.83. The molecule has 3 rings (SSSR count). The lowest BCUT2D eigenvalue weighted by Gasteiger charge is -2.35. The number of anilines is 1. The van der Waals surface area contributed by atoms with Gasteiger partial charge in [0.25, 0.3) is 0 Å². The number of nitriles is 1. The fraction of sp³-hybridized carbons (Fsp3) is 0.500. The third-order valence-corrected chi connectivity index (χ3v) is 4.40.